The maximum atomic E-state index is 13.4. The minimum atomic E-state index is -0.255. The SMILES string of the molecule is Cc1ccc(C2=CC(c3cc(Br)ccc3O)[NH2+]C(c3ccc(F)cc3)N2)cc1. The van der Waals surface area contributed by atoms with Gasteiger partial charge >= 0.3 is 0 Å². The minimum Gasteiger partial charge on any atom is -0.507 e. The van der Waals surface area contributed by atoms with Crippen LogP contribution in [0.2, 0.25) is 0 Å². The average molecular weight is 440 g/mol. The van der Waals surface area contributed by atoms with Crippen LogP contribution in [-0.4, -0.2) is 5.11 Å². The zero-order valence-corrected chi connectivity index (χ0v) is 16.9. The van der Waals surface area contributed by atoms with Crippen molar-refractivity contribution in [2.24, 2.45) is 0 Å². The number of phenols is 1. The maximum Gasteiger partial charge on any atom is 0.186 e. The van der Waals surface area contributed by atoms with Crippen molar-refractivity contribution in [1.29, 1.82) is 0 Å². The molecule has 142 valence electrons. The summed E-state index contributed by atoms with van der Waals surface area (Å²) in [4.78, 5) is 0. The molecule has 2 atom stereocenters. The first-order valence-corrected chi connectivity index (χ1v) is 9.93. The van der Waals surface area contributed by atoms with Crippen molar-refractivity contribution in [2.75, 3.05) is 0 Å². The summed E-state index contributed by atoms with van der Waals surface area (Å²) < 4.78 is 14.3. The van der Waals surface area contributed by atoms with Gasteiger partial charge in [0.05, 0.1) is 5.56 Å². The number of benzene rings is 3. The summed E-state index contributed by atoms with van der Waals surface area (Å²) in [5.41, 5.74) is 5.06. The van der Waals surface area contributed by atoms with Gasteiger partial charge < -0.3 is 15.7 Å². The molecule has 4 N–H and O–H groups in total. The van der Waals surface area contributed by atoms with E-state index in [1.54, 1.807) is 18.2 Å². The normalized spacial score (nSPS) is 19.0. The number of nitrogens with two attached hydrogens (primary N) is 1. The van der Waals surface area contributed by atoms with Crippen LogP contribution in [0.3, 0.4) is 0 Å². The number of hydrogen-bond acceptors (Lipinski definition) is 2. The average Bonchev–Trinajstić information content (AvgIpc) is 2.70. The molecule has 0 spiro atoms. The van der Waals surface area contributed by atoms with E-state index in [0.29, 0.717) is 0 Å². The number of halogens is 2. The molecule has 0 saturated heterocycles. The van der Waals surface area contributed by atoms with Gasteiger partial charge in [-0.05, 0) is 55.0 Å². The van der Waals surface area contributed by atoms with Crippen molar-refractivity contribution in [3.05, 3.63) is 105 Å². The third-order valence-electron chi connectivity index (χ3n) is 5.00. The highest BCUT2D eigenvalue weighted by atomic mass is 79.9. The van der Waals surface area contributed by atoms with Crippen molar-refractivity contribution in [1.82, 2.24) is 5.32 Å². The first-order valence-electron chi connectivity index (χ1n) is 9.14. The lowest BCUT2D eigenvalue weighted by atomic mass is 9.97. The van der Waals surface area contributed by atoms with Crippen LogP contribution < -0.4 is 10.6 Å². The molecule has 0 fully saturated rings. The maximum absolute atomic E-state index is 13.4. The van der Waals surface area contributed by atoms with Gasteiger partial charge in [0.15, 0.2) is 6.17 Å². The molecule has 0 amide bonds. The fourth-order valence-electron chi connectivity index (χ4n) is 3.47. The predicted octanol–water partition coefficient (Wildman–Crippen LogP) is 4.55. The zero-order valence-electron chi connectivity index (χ0n) is 15.4. The molecule has 1 aliphatic heterocycles. The van der Waals surface area contributed by atoms with Gasteiger partial charge in [0.1, 0.15) is 17.6 Å². The molecule has 0 aromatic heterocycles. The van der Waals surface area contributed by atoms with E-state index >= 15 is 0 Å². The number of phenolic OH excluding ortho intramolecular Hbond substituents is 1. The van der Waals surface area contributed by atoms with Gasteiger partial charge in [-0.3, -0.25) is 0 Å². The molecule has 4 rings (SSSR count). The van der Waals surface area contributed by atoms with Gasteiger partial charge in [-0.25, -0.2) is 4.39 Å². The summed E-state index contributed by atoms with van der Waals surface area (Å²) in [6, 6.07) is 20.2. The number of quaternary nitrogens is 1. The van der Waals surface area contributed by atoms with Crippen LogP contribution in [0, 0.1) is 12.7 Å². The third kappa shape index (κ3) is 3.96. The molecule has 28 heavy (non-hydrogen) atoms. The standard InChI is InChI=1S/C23H20BrFN2O/c1-14-2-4-15(5-3-14)20-13-21(19-12-17(24)8-11-22(19)28)27-23(26-20)16-6-9-18(25)10-7-16/h2-13,21,23,26-28H,1H3/p+1. The molecule has 3 nitrogen and oxygen atoms in total. The Balaban J connectivity index is 1.76. The summed E-state index contributed by atoms with van der Waals surface area (Å²) in [6.07, 6.45) is 2.01. The fourth-order valence-corrected chi connectivity index (χ4v) is 3.85. The largest absolute Gasteiger partial charge is 0.507 e. The lowest BCUT2D eigenvalue weighted by Crippen LogP contribution is -2.89. The van der Waals surface area contributed by atoms with E-state index in [-0.39, 0.29) is 23.8 Å². The summed E-state index contributed by atoms with van der Waals surface area (Å²) >= 11 is 3.50. The Labute approximate surface area is 172 Å². The second kappa shape index (κ2) is 7.78. The van der Waals surface area contributed by atoms with Gasteiger partial charge in [0, 0.05) is 21.8 Å². The van der Waals surface area contributed by atoms with Crippen molar-refractivity contribution in [3.63, 3.8) is 0 Å². The van der Waals surface area contributed by atoms with Gasteiger partial charge in [-0.2, -0.15) is 0 Å². The number of aromatic hydroxyl groups is 1. The Morgan fingerprint density at radius 3 is 2.43 bits per heavy atom. The minimum absolute atomic E-state index is 0.0925. The Kier molecular flexibility index (Phi) is 5.20. The Hall–Kier alpha value is -2.63. The Morgan fingerprint density at radius 1 is 1.00 bits per heavy atom. The van der Waals surface area contributed by atoms with E-state index in [1.165, 1.54) is 17.7 Å². The molecule has 0 radical (unpaired) electrons. The molecule has 2 unspecified atom stereocenters. The van der Waals surface area contributed by atoms with Gasteiger partial charge in [0.25, 0.3) is 0 Å². The Morgan fingerprint density at radius 2 is 1.71 bits per heavy atom. The molecule has 1 heterocycles. The highest BCUT2D eigenvalue weighted by Crippen LogP contribution is 2.31. The van der Waals surface area contributed by atoms with Crippen molar-refractivity contribution < 1.29 is 14.8 Å². The zero-order chi connectivity index (χ0) is 19.7. The molecular formula is C23H21BrFN2O+. The quantitative estimate of drug-likeness (QED) is 0.560. The second-order valence-corrected chi connectivity index (χ2v) is 7.96. The van der Waals surface area contributed by atoms with Crippen LogP contribution >= 0.6 is 15.9 Å². The third-order valence-corrected chi connectivity index (χ3v) is 5.49. The van der Waals surface area contributed by atoms with Crippen molar-refractivity contribution in [2.45, 2.75) is 19.1 Å². The van der Waals surface area contributed by atoms with E-state index in [0.717, 1.165) is 26.9 Å². The molecule has 0 bridgehead atoms. The molecule has 0 saturated carbocycles. The van der Waals surface area contributed by atoms with Gasteiger partial charge in [0.2, 0.25) is 0 Å². The van der Waals surface area contributed by atoms with Crippen LogP contribution in [0.25, 0.3) is 5.70 Å². The Bertz CT molecular complexity index is 1020. The summed E-state index contributed by atoms with van der Waals surface area (Å²) in [5, 5.41) is 16.1. The highest BCUT2D eigenvalue weighted by molar-refractivity contribution is 9.10. The lowest BCUT2D eigenvalue weighted by molar-refractivity contribution is -0.731. The van der Waals surface area contributed by atoms with E-state index in [4.69, 9.17) is 0 Å². The topological polar surface area (TPSA) is 48.9 Å². The summed E-state index contributed by atoms with van der Waals surface area (Å²) in [7, 11) is 0. The second-order valence-electron chi connectivity index (χ2n) is 7.04. The molecule has 0 aliphatic carbocycles. The van der Waals surface area contributed by atoms with Crippen LogP contribution in [-0.2, 0) is 0 Å². The monoisotopic (exact) mass is 439 g/mol. The first kappa shape index (κ1) is 18.7. The molecular weight excluding hydrogens is 419 g/mol. The van der Waals surface area contributed by atoms with Crippen LogP contribution in [0.5, 0.6) is 5.75 Å². The van der Waals surface area contributed by atoms with Crippen LogP contribution in [0.1, 0.15) is 34.5 Å². The smallest absolute Gasteiger partial charge is 0.186 e. The molecule has 5 heteroatoms. The molecule has 1 aliphatic rings. The van der Waals surface area contributed by atoms with Crippen LogP contribution in [0.15, 0.2) is 77.3 Å². The van der Waals surface area contributed by atoms with Crippen molar-refractivity contribution in [3.8, 4) is 5.75 Å². The molecule has 3 aromatic carbocycles. The van der Waals surface area contributed by atoms with E-state index in [2.05, 4.69) is 63.8 Å². The highest BCUT2D eigenvalue weighted by Gasteiger charge is 2.29. The van der Waals surface area contributed by atoms with E-state index in [1.807, 2.05) is 12.1 Å². The van der Waals surface area contributed by atoms with E-state index < -0.39 is 0 Å². The number of nitrogens with one attached hydrogen (secondary N) is 1. The predicted molar refractivity (Wildman–Crippen MR) is 112 cm³/mol. The van der Waals surface area contributed by atoms with Crippen molar-refractivity contribution >= 4 is 21.6 Å². The number of rotatable bonds is 3. The van der Waals surface area contributed by atoms with E-state index in [9.17, 15) is 9.50 Å². The number of hydrogen-bond donors (Lipinski definition) is 3. The molecule has 3 aromatic rings. The van der Waals surface area contributed by atoms with Crippen LogP contribution in [0.4, 0.5) is 4.39 Å². The first-order chi connectivity index (χ1) is 13.5. The lowest BCUT2D eigenvalue weighted by Gasteiger charge is -2.30. The number of aryl methyl sites for hydroxylation is 1. The fraction of sp³-hybridized carbons (Fsp3) is 0.130. The van der Waals surface area contributed by atoms with Gasteiger partial charge in [-0.15, -0.1) is 0 Å². The summed E-state index contributed by atoms with van der Waals surface area (Å²) in [6.45, 7) is 2.06. The summed E-state index contributed by atoms with van der Waals surface area (Å²) in [5.74, 6) is -0.00115. The van der Waals surface area contributed by atoms with Gasteiger partial charge in [-0.1, -0.05) is 45.8 Å².